The fraction of sp³-hybridized carbons (Fsp3) is 0.333. The van der Waals surface area contributed by atoms with E-state index in [0.717, 1.165) is 5.56 Å². The third-order valence-electron chi connectivity index (χ3n) is 2.64. The number of methoxy groups -OCH3 is 1. The molecule has 0 saturated carbocycles. The molecule has 2 rings (SSSR count). The maximum atomic E-state index is 8.77. The summed E-state index contributed by atoms with van der Waals surface area (Å²) in [6.07, 6.45) is 0. The van der Waals surface area contributed by atoms with Crippen LogP contribution in [0.5, 0.6) is 11.5 Å². The number of aromatic nitrogens is 4. The molecule has 0 unspecified atom stereocenters. The van der Waals surface area contributed by atoms with Crippen LogP contribution in [0.25, 0.3) is 0 Å². The molecular weight excluding hydrogens is 262 g/mol. The molecule has 106 valence electrons. The maximum Gasteiger partial charge on any atom is 0.212 e. The first-order valence-corrected chi connectivity index (χ1v) is 5.86. The number of rotatable bonds is 5. The summed E-state index contributed by atoms with van der Waals surface area (Å²) in [6.45, 7) is 1.88. The minimum atomic E-state index is 0.191. The standard InChI is InChI=1S/C12H15N5O3/c1-8(15-18)9-4-5-10(11(6-9)19-3)20-7-12-13-16-17(2)14-12/h4-6,18H,7H2,1-3H3/b15-8+. The molecule has 1 heterocycles. The summed E-state index contributed by atoms with van der Waals surface area (Å²) in [5.41, 5.74) is 1.24. The Morgan fingerprint density at radius 1 is 1.40 bits per heavy atom. The number of nitrogens with zero attached hydrogens (tertiary/aromatic N) is 5. The molecular formula is C12H15N5O3. The Bertz CT molecular complexity index is 623. The van der Waals surface area contributed by atoms with Gasteiger partial charge < -0.3 is 14.7 Å². The van der Waals surface area contributed by atoms with Gasteiger partial charge in [0.1, 0.15) is 0 Å². The van der Waals surface area contributed by atoms with Crippen molar-refractivity contribution < 1.29 is 14.7 Å². The lowest BCUT2D eigenvalue weighted by Gasteiger charge is -2.10. The van der Waals surface area contributed by atoms with Gasteiger partial charge in [-0.3, -0.25) is 0 Å². The lowest BCUT2D eigenvalue weighted by molar-refractivity contribution is 0.276. The van der Waals surface area contributed by atoms with Gasteiger partial charge in [0.25, 0.3) is 0 Å². The van der Waals surface area contributed by atoms with Gasteiger partial charge in [0, 0.05) is 5.56 Å². The third-order valence-corrected chi connectivity index (χ3v) is 2.64. The van der Waals surface area contributed by atoms with E-state index in [0.29, 0.717) is 23.0 Å². The number of tetrazole rings is 1. The van der Waals surface area contributed by atoms with Crippen LogP contribution in [-0.4, -0.2) is 38.2 Å². The lowest BCUT2D eigenvalue weighted by Crippen LogP contribution is -2.02. The van der Waals surface area contributed by atoms with Crippen LogP contribution in [0.3, 0.4) is 0 Å². The average molecular weight is 277 g/mol. The van der Waals surface area contributed by atoms with E-state index in [1.165, 1.54) is 11.9 Å². The summed E-state index contributed by atoms with van der Waals surface area (Å²) in [5.74, 6) is 1.57. The molecule has 0 fully saturated rings. The van der Waals surface area contributed by atoms with Gasteiger partial charge in [0.15, 0.2) is 18.1 Å². The fourth-order valence-corrected chi connectivity index (χ4v) is 1.59. The second-order valence-electron chi connectivity index (χ2n) is 4.03. The van der Waals surface area contributed by atoms with Gasteiger partial charge in [-0.15, -0.1) is 10.2 Å². The predicted octanol–water partition coefficient (Wildman–Crippen LogP) is 0.996. The quantitative estimate of drug-likeness (QED) is 0.497. The highest BCUT2D eigenvalue weighted by Gasteiger charge is 2.09. The van der Waals surface area contributed by atoms with Crippen molar-refractivity contribution in [3.8, 4) is 11.5 Å². The van der Waals surface area contributed by atoms with Crippen LogP contribution in [-0.2, 0) is 13.7 Å². The SMILES string of the molecule is COc1cc(/C(C)=N/O)ccc1OCc1nnn(C)n1. The molecule has 0 amide bonds. The van der Waals surface area contributed by atoms with Crippen LogP contribution >= 0.6 is 0 Å². The average Bonchev–Trinajstić information content (AvgIpc) is 2.89. The first-order valence-electron chi connectivity index (χ1n) is 5.86. The first-order chi connectivity index (χ1) is 9.63. The maximum absolute atomic E-state index is 8.77. The fourth-order valence-electron chi connectivity index (χ4n) is 1.59. The van der Waals surface area contributed by atoms with Crippen molar-refractivity contribution in [1.29, 1.82) is 0 Å². The van der Waals surface area contributed by atoms with Gasteiger partial charge in [-0.1, -0.05) is 5.16 Å². The summed E-state index contributed by atoms with van der Waals surface area (Å²) in [5, 5.41) is 23.5. The van der Waals surface area contributed by atoms with E-state index in [1.807, 2.05) is 0 Å². The largest absolute Gasteiger partial charge is 0.493 e. The third kappa shape index (κ3) is 3.02. The zero-order valence-electron chi connectivity index (χ0n) is 11.4. The van der Waals surface area contributed by atoms with E-state index in [9.17, 15) is 0 Å². The van der Waals surface area contributed by atoms with Crippen molar-refractivity contribution in [3.05, 3.63) is 29.6 Å². The van der Waals surface area contributed by atoms with Crippen molar-refractivity contribution in [1.82, 2.24) is 20.2 Å². The van der Waals surface area contributed by atoms with Crippen molar-refractivity contribution in [2.24, 2.45) is 12.2 Å². The van der Waals surface area contributed by atoms with Gasteiger partial charge in [-0.2, -0.15) is 4.80 Å². The molecule has 0 spiro atoms. The van der Waals surface area contributed by atoms with Crippen LogP contribution in [0, 0.1) is 0 Å². The van der Waals surface area contributed by atoms with Crippen LogP contribution in [0.15, 0.2) is 23.4 Å². The van der Waals surface area contributed by atoms with Crippen LogP contribution in [0.2, 0.25) is 0 Å². The highest BCUT2D eigenvalue weighted by molar-refractivity contribution is 5.98. The Balaban J connectivity index is 2.15. The first kappa shape index (κ1) is 13.8. The number of aryl methyl sites for hydroxylation is 1. The number of hydrogen-bond acceptors (Lipinski definition) is 7. The van der Waals surface area contributed by atoms with Crippen molar-refractivity contribution >= 4 is 5.71 Å². The molecule has 0 saturated heterocycles. The van der Waals surface area contributed by atoms with E-state index in [4.69, 9.17) is 14.7 Å². The minimum absolute atomic E-state index is 0.191. The highest BCUT2D eigenvalue weighted by Crippen LogP contribution is 2.28. The van der Waals surface area contributed by atoms with Gasteiger partial charge in [0.2, 0.25) is 5.82 Å². The molecule has 1 N–H and O–H groups in total. The lowest BCUT2D eigenvalue weighted by atomic mass is 10.1. The Labute approximate surface area is 115 Å². The zero-order chi connectivity index (χ0) is 14.5. The van der Waals surface area contributed by atoms with E-state index in [1.54, 1.807) is 32.2 Å². The van der Waals surface area contributed by atoms with Crippen molar-refractivity contribution in [2.45, 2.75) is 13.5 Å². The van der Waals surface area contributed by atoms with E-state index in [-0.39, 0.29) is 6.61 Å². The zero-order valence-corrected chi connectivity index (χ0v) is 11.4. The number of benzene rings is 1. The smallest absolute Gasteiger partial charge is 0.212 e. The number of hydrogen-bond donors (Lipinski definition) is 1. The van der Waals surface area contributed by atoms with Crippen LogP contribution < -0.4 is 9.47 Å². The Kier molecular flexibility index (Phi) is 4.14. The second kappa shape index (κ2) is 6.00. The molecule has 2 aromatic rings. The molecule has 0 atom stereocenters. The Hall–Kier alpha value is -2.64. The van der Waals surface area contributed by atoms with Crippen LogP contribution in [0.4, 0.5) is 0 Å². The molecule has 0 radical (unpaired) electrons. The van der Waals surface area contributed by atoms with Crippen molar-refractivity contribution in [3.63, 3.8) is 0 Å². The Morgan fingerprint density at radius 2 is 2.20 bits per heavy atom. The highest BCUT2D eigenvalue weighted by atomic mass is 16.5. The Morgan fingerprint density at radius 3 is 2.80 bits per heavy atom. The predicted molar refractivity (Wildman–Crippen MR) is 70.1 cm³/mol. The normalized spacial score (nSPS) is 11.4. The van der Waals surface area contributed by atoms with Crippen molar-refractivity contribution in [2.75, 3.05) is 7.11 Å². The summed E-state index contributed by atoms with van der Waals surface area (Å²) < 4.78 is 10.8. The number of oxime groups is 1. The molecule has 0 aliphatic carbocycles. The topological polar surface area (TPSA) is 94.6 Å². The van der Waals surface area contributed by atoms with Gasteiger partial charge in [-0.05, 0) is 30.3 Å². The summed E-state index contributed by atoms with van der Waals surface area (Å²) in [4.78, 5) is 1.36. The summed E-state index contributed by atoms with van der Waals surface area (Å²) in [6, 6.07) is 5.24. The summed E-state index contributed by atoms with van der Waals surface area (Å²) >= 11 is 0. The minimum Gasteiger partial charge on any atom is -0.493 e. The van der Waals surface area contributed by atoms with Crippen LogP contribution in [0.1, 0.15) is 18.3 Å². The molecule has 0 bridgehead atoms. The molecule has 0 aliphatic rings. The molecule has 1 aromatic heterocycles. The van der Waals surface area contributed by atoms with E-state index < -0.39 is 0 Å². The number of ether oxygens (including phenoxy) is 2. The van der Waals surface area contributed by atoms with Gasteiger partial charge in [-0.25, -0.2) is 0 Å². The molecule has 1 aromatic carbocycles. The van der Waals surface area contributed by atoms with E-state index >= 15 is 0 Å². The summed E-state index contributed by atoms with van der Waals surface area (Å²) in [7, 11) is 3.22. The van der Waals surface area contributed by atoms with Gasteiger partial charge in [0.05, 0.1) is 19.9 Å². The molecule has 20 heavy (non-hydrogen) atoms. The van der Waals surface area contributed by atoms with Gasteiger partial charge >= 0.3 is 0 Å². The molecule has 0 aliphatic heterocycles. The second-order valence-corrected chi connectivity index (χ2v) is 4.03. The molecule has 8 heteroatoms. The van der Waals surface area contributed by atoms with E-state index in [2.05, 4.69) is 20.6 Å². The molecule has 8 nitrogen and oxygen atoms in total. The monoisotopic (exact) mass is 277 g/mol.